The minimum Gasteiger partial charge on any atom is -0.381 e. The van der Waals surface area contributed by atoms with Gasteiger partial charge in [0, 0.05) is 6.04 Å². The van der Waals surface area contributed by atoms with Crippen molar-refractivity contribution in [2.45, 2.75) is 19.4 Å². The molecule has 2 aromatic rings. The molecule has 4 heteroatoms. The molecule has 0 amide bonds. The number of hydrogen-bond donors (Lipinski definition) is 1. The van der Waals surface area contributed by atoms with Crippen molar-refractivity contribution in [1.29, 1.82) is 0 Å². The van der Waals surface area contributed by atoms with Gasteiger partial charge in [-0.25, -0.2) is 8.78 Å². The highest BCUT2D eigenvalue weighted by Crippen LogP contribution is 2.23. The highest BCUT2D eigenvalue weighted by Gasteiger charge is 2.07. The zero-order chi connectivity index (χ0) is 13.8. The van der Waals surface area contributed by atoms with Gasteiger partial charge in [0.25, 0.3) is 0 Å². The molecule has 0 saturated carbocycles. The van der Waals surface area contributed by atoms with E-state index in [9.17, 15) is 8.78 Å². The third-order valence-electron chi connectivity index (χ3n) is 2.79. The second kappa shape index (κ2) is 6.02. The minimum absolute atomic E-state index is 0.0600. The third-order valence-corrected chi connectivity index (χ3v) is 3.12. The lowest BCUT2D eigenvalue weighted by Gasteiger charge is -2.16. The van der Waals surface area contributed by atoms with Crippen molar-refractivity contribution in [1.82, 2.24) is 0 Å². The number of rotatable bonds is 4. The molecule has 0 aliphatic carbocycles. The van der Waals surface area contributed by atoms with Gasteiger partial charge in [0.05, 0.1) is 10.7 Å². The van der Waals surface area contributed by atoms with Crippen LogP contribution in [0.1, 0.15) is 12.5 Å². The zero-order valence-corrected chi connectivity index (χ0v) is 11.2. The molecule has 2 rings (SSSR count). The van der Waals surface area contributed by atoms with E-state index in [0.29, 0.717) is 17.1 Å². The van der Waals surface area contributed by atoms with Crippen LogP contribution in [0.5, 0.6) is 0 Å². The predicted molar refractivity (Wildman–Crippen MR) is 74.6 cm³/mol. The predicted octanol–water partition coefficient (Wildman–Crippen LogP) is 4.66. The van der Waals surface area contributed by atoms with Crippen molar-refractivity contribution in [3.05, 3.63) is 64.7 Å². The average Bonchev–Trinajstić information content (AvgIpc) is 2.37. The Kier molecular flexibility index (Phi) is 4.38. The van der Waals surface area contributed by atoms with Crippen molar-refractivity contribution in [2.24, 2.45) is 0 Å². The Bertz CT molecular complexity index is 555. The SMILES string of the molecule is CC(Cc1ccc(F)cc1)Nc1cc(F)ccc1Cl. The number of benzene rings is 2. The Morgan fingerprint density at radius 3 is 2.37 bits per heavy atom. The summed E-state index contributed by atoms with van der Waals surface area (Å²) in [5, 5.41) is 3.63. The Morgan fingerprint density at radius 2 is 1.68 bits per heavy atom. The van der Waals surface area contributed by atoms with Gasteiger partial charge < -0.3 is 5.32 Å². The van der Waals surface area contributed by atoms with Gasteiger partial charge >= 0.3 is 0 Å². The molecule has 1 nitrogen and oxygen atoms in total. The van der Waals surface area contributed by atoms with E-state index in [1.54, 1.807) is 12.1 Å². The van der Waals surface area contributed by atoms with Crippen molar-refractivity contribution >= 4 is 17.3 Å². The summed E-state index contributed by atoms with van der Waals surface area (Å²) in [6.45, 7) is 1.96. The van der Waals surface area contributed by atoms with Gasteiger partial charge in [0.2, 0.25) is 0 Å². The summed E-state index contributed by atoms with van der Waals surface area (Å²) >= 11 is 5.99. The molecule has 2 aromatic carbocycles. The van der Waals surface area contributed by atoms with Crippen LogP contribution in [-0.4, -0.2) is 6.04 Å². The molecule has 0 aliphatic heterocycles. The van der Waals surface area contributed by atoms with Crippen molar-refractivity contribution in [2.75, 3.05) is 5.32 Å². The van der Waals surface area contributed by atoms with Crippen LogP contribution in [0.2, 0.25) is 5.02 Å². The Hall–Kier alpha value is -1.61. The standard InChI is InChI=1S/C15H14ClF2N/c1-10(8-11-2-4-12(17)5-3-11)19-15-9-13(18)6-7-14(15)16/h2-7,9-10,19H,8H2,1H3. The highest BCUT2D eigenvalue weighted by atomic mass is 35.5. The first kappa shape index (κ1) is 13.8. The number of hydrogen-bond acceptors (Lipinski definition) is 1. The third kappa shape index (κ3) is 3.93. The van der Waals surface area contributed by atoms with Crippen LogP contribution in [0.4, 0.5) is 14.5 Å². The molecule has 19 heavy (non-hydrogen) atoms. The monoisotopic (exact) mass is 281 g/mol. The Balaban J connectivity index is 2.02. The zero-order valence-electron chi connectivity index (χ0n) is 10.5. The van der Waals surface area contributed by atoms with Crippen LogP contribution in [0.3, 0.4) is 0 Å². The smallest absolute Gasteiger partial charge is 0.125 e. The molecule has 0 aromatic heterocycles. The molecule has 1 N–H and O–H groups in total. The Morgan fingerprint density at radius 1 is 1.05 bits per heavy atom. The van der Waals surface area contributed by atoms with Crippen molar-refractivity contribution in [3.63, 3.8) is 0 Å². The highest BCUT2D eigenvalue weighted by molar-refractivity contribution is 6.33. The molecule has 100 valence electrons. The fraction of sp³-hybridized carbons (Fsp3) is 0.200. The average molecular weight is 282 g/mol. The van der Waals surface area contributed by atoms with Gasteiger partial charge in [0.1, 0.15) is 11.6 Å². The first-order valence-corrected chi connectivity index (χ1v) is 6.38. The fourth-order valence-electron chi connectivity index (χ4n) is 1.90. The summed E-state index contributed by atoms with van der Waals surface area (Å²) < 4.78 is 25.9. The van der Waals surface area contributed by atoms with E-state index < -0.39 is 0 Å². The molecule has 0 spiro atoms. The normalized spacial score (nSPS) is 12.2. The van der Waals surface area contributed by atoms with E-state index in [0.717, 1.165) is 5.56 Å². The lowest BCUT2D eigenvalue weighted by Crippen LogP contribution is -2.18. The minimum atomic E-state index is -0.333. The maximum absolute atomic E-state index is 13.1. The molecular weight excluding hydrogens is 268 g/mol. The van der Waals surface area contributed by atoms with Gasteiger partial charge in [-0.05, 0) is 49.2 Å². The van der Waals surface area contributed by atoms with E-state index in [1.807, 2.05) is 6.92 Å². The molecular formula is C15H14ClF2N. The summed E-state index contributed by atoms with van der Waals surface area (Å²) in [7, 11) is 0. The molecule has 0 bridgehead atoms. The molecule has 0 saturated heterocycles. The first-order chi connectivity index (χ1) is 9.04. The topological polar surface area (TPSA) is 12.0 Å². The molecule has 0 radical (unpaired) electrons. The second-order valence-electron chi connectivity index (χ2n) is 4.50. The molecule has 0 aliphatic rings. The fourth-order valence-corrected chi connectivity index (χ4v) is 2.07. The molecule has 1 atom stereocenters. The lowest BCUT2D eigenvalue weighted by molar-refractivity contribution is 0.625. The summed E-state index contributed by atoms with van der Waals surface area (Å²) in [4.78, 5) is 0. The second-order valence-corrected chi connectivity index (χ2v) is 4.91. The van der Waals surface area contributed by atoms with Crippen LogP contribution in [-0.2, 0) is 6.42 Å². The van der Waals surface area contributed by atoms with Crippen LogP contribution >= 0.6 is 11.6 Å². The molecule has 1 unspecified atom stereocenters. The van der Waals surface area contributed by atoms with Crippen LogP contribution in [0.25, 0.3) is 0 Å². The van der Waals surface area contributed by atoms with Gasteiger partial charge in [-0.1, -0.05) is 23.7 Å². The van der Waals surface area contributed by atoms with E-state index in [2.05, 4.69) is 5.32 Å². The largest absolute Gasteiger partial charge is 0.381 e. The Labute approximate surface area is 116 Å². The van der Waals surface area contributed by atoms with E-state index >= 15 is 0 Å². The summed E-state index contributed by atoms with van der Waals surface area (Å²) in [6, 6.07) is 10.6. The van der Waals surface area contributed by atoms with Crippen molar-refractivity contribution < 1.29 is 8.78 Å². The number of anilines is 1. The maximum Gasteiger partial charge on any atom is 0.125 e. The van der Waals surface area contributed by atoms with Crippen LogP contribution < -0.4 is 5.32 Å². The number of halogens is 3. The summed E-state index contributed by atoms with van der Waals surface area (Å²) in [6.07, 6.45) is 0.702. The van der Waals surface area contributed by atoms with Gasteiger partial charge in [-0.15, -0.1) is 0 Å². The van der Waals surface area contributed by atoms with Crippen LogP contribution in [0, 0.1) is 11.6 Å². The lowest BCUT2D eigenvalue weighted by atomic mass is 10.1. The van der Waals surface area contributed by atoms with E-state index in [-0.39, 0.29) is 17.7 Å². The molecule has 0 heterocycles. The van der Waals surface area contributed by atoms with Crippen molar-refractivity contribution in [3.8, 4) is 0 Å². The van der Waals surface area contributed by atoms with Crippen LogP contribution in [0.15, 0.2) is 42.5 Å². The van der Waals surface area contributed by atoms with Gasteiger partial charge in [0.15, 0.2) is 0 Å². The maximum atomic E-state index is 13.1. The summed E-state index contributed by atoms with van der Waals surface area (Å²) in [5.74, 6) is -0.585. The van der Waals surface area contributed by atoms with E-state index in [1.165, 1.54) is 30.3 Å². The summed E-state index contributed by atoms with van der Waals surface area (Å²) in [5.41, 5.74) is 1.57. The van der Waals surface area contributed by atoms with E-state index in [4.69, 9.17) is 11.6 Å². The number of nitrogens with one attached hydrogen (secondary N) is 1. The quantitative estimate of drug-likeness (QED) is 0.859. The van der Waals surface area contributed by atoms with Gasteiger partial charge in [-0.3, -0.25) is 0 Å². The molecule has 0 fully saturated rings. The first-order valence-electron chi connectivity index (χ1n) is 6.00. The van der Waals surface area contributed by atoms with Gasteiger partial charge in [-0.2, -0.15) is 0 Å².